The topological polar surface area (TPSA) is 16.1 Å². The van der Waals surface area contributed by atoms with Gasteiger partial charge in [0.05, 0.1) is 5.52 Å². The van der Waals surface area contributed by atoms with Crippen molar-refractivity contribution in [1.82, 2.24) is 4.98 Å². The zero-order chi connectivity index (χ0) is 11.8. The first kappa shape index (κ1) is 10.1. The lowest BCUT2D eigenvalue weighted by Gasteiger charge is -2.16. The Balaban J connectivity index is 2.54. The molecule has 17 heavy (non-hydrogen) atoms. The minimum absolute atomic E-state index is 1.08. The molecule has 1 heterocycles. The van der Waals surface area contributed by atoms with Crippen LogP contribution < -0.4 is 4.90 Å². The lowest BCUT2D eigenvalue weighted by atomic mass is 10.0. The molecule has 2 heteroatoms. The van der Waals surface area contributed by atoms with Gasteiger partial charge in [-0.05, 0) is 17.5 Å². The van der Waals surface area contributed by atoms with Crippen LogP contribution in [0.1, 0.15) is 0 Å². The van der Waals surface area contributed by atoms with E-state index < -0.39 is 0 Å². The molecule has 0 saturated heterocycles. The summed E-state index contributed by atoms with van der Waals surface area (Å²) < 4.78 is 0. The zero-order valence-electron chi connectivity index (χ0n) is 10.0. The van der Waals surface area contributed by atoms with Crippen LogP contribution in [0.5, 0.6) is 0 Å². The van der Waals surface area contributed by atoms with Crippen LogP contribution in [-0.4, -0.2) is 19.1 Å². The molecular formula is C15H14N2. The summed E-state index contributed by atoms with van der Waals surface area (Å²) in [6, 6.07) is 14.7. The first-order chi connectivity index (χ1) is 8.27. The predicted molar refractivity (Wildman–Crippen MR) is 73.6 cm³/mol. The number of fused-ring (bicyclic) bond motifs is 3. The fourth-order valence-corrected chi connectivity index (χ4v) is 2.27. The Morgan fingerprint density at radius 2 is 1.65 bits per heavy atom. The van der Waals surface area contributed by atoms with Gasteiger partial charge in [0.15, 0.2) is 0 Å². The first-order valence-electron chi connectivity index (χ1n) is 5.71. The van der Waals surface area contributed by atoms with Gasteiger partial charge in [-0.1, -0.05) is 30.3 Å². The first-order valence-corrected chi connectivity index (χ1v) is 5.71. The predicted octanol–water partition coefficient (Wildman–Crippen LogP) is 3.45. The van der Waals surface area contributed by atoms with Crippen molar-refractivity contribution in [2.45, 2.75) is 0 Å². The summed E-state index contributed by atoms with van der Waals surface area (Å²) in [5.41, 5.74) is 2.29. The molecule has 1 aromatic heterocycles. The Labute approximate surface area is 101 Å². The van der Waals surface area contributed by atoms with Crippen molar-refractivity contribution in [2.24, 2.45) is 0 Å². The van der Waals surface area contributed by atoms with Gasteiger partial charge in [0.2, 0.25) is 0 Å². The van der Waals surface area contributed by atoms with E-state index in [2.05, 4.69) is 60.4 Å². The van der Waals surface area contributed by atoms with Gasteiger partial charge in [-0.15, -0.1) is 0 Å². The van der Waals surface area contributed by atoms with Gasteiger partial charge in [0, 0.05) is 36.8 Å². The molecule has 0 spiro atoms. The van der Waals surface area contributed by atoms with E-state index in [1.807, 2.05) is 12.3 Å². The van der Waals surface area contributed by atoms with Crippen molar-refractivity contribution >= 4 is 27.4 Å². The third kappa shape index (κ3) is 1.53. The summed E-state index contributed by atoms with van der Waals surface area (Å²) in [5, 5.41) is 3.66. The van der Waals surface area contributed by atoms with Gasteiger partial charge in [-0.3, -0.25) is 4.98 Å². The van der Waals surface area contributed by atoms with E-state index in [1.54, 1.807) is 0 Å². The largest absolute Gasteiger partial charge is 0.377 e. The third-order valence-electron chi connectivity index (χ3n) is 3.07. The molecule has 0 aliphatic rings. The molecule has 0 fully saturated rings. The highest BCUT2D eigenvalue weighted by Gasteiger charge is 2.07. The van der Waals surface area contributed by atoms with Crippen LogP contribution in [0.3, 0.4) is 0 Å². The van der Waals surface area contributed by atoms with Gasteiger partial charge in [0.25, 0.3) is 0 Å². The molecule has 2 nitrogen and oxygen atoms in total. The van der Waals surface area contributed by atoms with Crippen LogP contribution in [0, 0.1) is 0 Å². The maximum absolute atomic E-state index is 4.53. The highest BCUT2D eigenvalue weighted by atomic mass is 15.1. The van der Waals surface area contributed by atoms with E-state index in [0.717, 1.165) is 5.52 Å². The SMILES string of the molecule is CN(C)c1cccc2ccc3cccnc3c12. The number of nitrogens with zero attached hydrogens (tertiary/aromatic N) is 2. The third-order valence-corrected chi connectivity index (χ3v) is 3.07. The quantitative estimate of drug-likeness (QED) is 0.586. The summed E-state index contributed by atoms with van der Waals surface area (Å²) >= 11 is 0. The highest BCUT2D eigenvalue weighted by molar-refractivity contribution is 6.11. The maximum atomic E-state index is 4.53. The van der Waals surface area contributed by atoms with E-state index in [9.17, 15) is 0 Å². The summed E-state index contributed by atoms with van der Waals surface area (Å²) in [4.78, 5) is 6.66. The van der Waals surface area contributed by atoms with E-state index >= 15 is 0 Å². The Kier molecular flexibility index (Phi) is 2.22. The molecule has 0 aliphatic heterocycles. The van der Waals surface area contributed by atoms with Gasteiger partial charge >= 0.3 is 0 Å². The molecule has 0 bridgehead atoms. The smallest absolute Gasteiger partial charge is 0.0801 e. The van der Waals surface area contributed by atoms with Crippen molar-refractivity contribution in [3.05, 3.63) is 48.7 Å². The van der Waals surface area contributed by atoms with Crippen LogP contribution in [-0.2, 0) is 0 Å². The second kappa shape index (κ2) is 3.74. The Bertz CT molecular complexity index is 687. The number of hydrogen-bond acceptors (Lipinski definition) is 2. The van der Waals surface area contributed by atoms with Crippen molar-refractivity contribution in [1.29, 1.82) is 0 Å². The second-order valence-electron chi connectivity index (χ2n) is 4.41. The van der Waals surface area contributed by atoms with Gasteiger partial charge < -0.3 is 4.90 Å². The standard InChI is InChI=1S/C15H14N2/c1-17(2)13-7-3-5-11-8-9-12-6-4-10-16-15(12)14(11)13/h3-10H,1-2H3. The van der Waals surface area contributed by atoms with E-state index in [0.29, 0.717) is 0 Å². The normalized spacial score (nSPS) is 10.9. The second-order valence-corrected chi connectivity index (χ2v) is 4.41. The minimum atomic E-state index is 1.08. The number of rotatable bonds is 1. The molecule has 0 radical (unpaired) electrons. The minimum Gasteiger partial charge on any atom is -0.377 e. The van der Waals surface area contributed by atoms with Gasteiger partial charge in [-0.25, -0.2) is 0 Å². The van der Waals surface area contributed by atoms with E-state index in [1.165, 1.54) is 21.8 Å². The Morgan fingerprint density at radius 3 is 2.47 bits per heavy atom. The van der Waals surface area contributed by atoms with Crippen LogP contribution in [0.4, 0.5) is 5.69 Å². The molecule has 0 N–H and O–H groups in total. The molecule has 84 valence electrons. The molecule has 0 amide bonds. The van der Waals surface area contributed by atoms with E-state index in [4.69, 9.17) is 0 Å². The van der Waals surface area contributed by atoms with Crippen LogP contribution >= 0.6 is 0 Å². The fourth-order valence-electron chi connectivity index (χ4n) is 2.27. The van der Waals surface area contributed by atoms with Crippen molar-refractivity contribution in [3.63, 3.8) is 0 Å². The lowest BCUT2D eigenvalue weighted by Crippen LogP contribution is -2.09. The molecule has 0 aliphatic carbocycles. The molecule has 3 rings (SSSR count). The lowest BCUT2D eigenvalue weighted by molar-refractivity contribution is 1.14. The summed E-state index contributed by atoms with van der Waals surface area (Å²) in [6.07, 6.45) is 1.86. The van der Waals surface area contributed by atoms with Crippen molar-refractivity contribution in [3.8, 4) is 0 Å². The van der Waals surface area contributed by atoms with Crippen molar-refractivity contribution < 1.29 is 0 Å². The van der Waals surface area contributed by atoms with Gasteiger partial charge in [0.1, 0.15) is 0 Å². The molecule has 0 unspecified atom stereocenters. The van der Waals surface area contributed by atoms with Crippen LogP contribution in [0.25, 0.3) is 21.7 Å². The number of hydrogen-bond donors (Lipinski definition) is 0. The molecular weight excluding hydrogens is 208 g/mol. The number of benzene rings is 2. The average Bonchev–Trinajstić information content (AvgIpc) is 2.37. The summed E-state index contributed by atoms with van der Waals surface area (Å²) in [5.74, 6) is 0. The summed E-state index contributed by atoms with van der Waals surface area (Å²) in [7, 11) is 4.13. The molecule has 0 atom stereocenters. The Hall–Kier alpha value is -2.09. The maximum Gasteiger partial charge on any atom is 0.0801 e. The Morgan fingerprint density at radius 1 is 0.882 bits per heavy atom. The highest BCUT2D eigenvalue weighted by Crippen LogP contribution is 2.31. The monoisotopic (exact) mass is 222 g/mol. The van der Waals surface area contributed by atoms with Gasteiger partial charge in [-0.2, -0.15) is 0 Å². The number of aromatic nitrogens is 1. The van der Waals surface area contributed by atoms with Crippen LogP contribution in [0.2, 0.25) is 0 Å². The molecule has 2 aromatic carbocycles. The molecule has 0 saturated carbocycles. The van der Waals surface area contributed by atoms with E-state index in [-0.39, 0.29) is 0 Å². The van der Waals surface area contributed by atoms with Crippen molar-refractivity contribution in [2.75, 3.05) is 19.0 Å². The zero-order valence-corrected chi connectivity index (χ0v) is 10.0. The number of anilines is 1. The average molecular weight is 222 g/mol. The number of pyridine rings is 1. The summed E-state index contributed by atoms with van der Waals surface area (Å²) in [6.45, 7) is 0. The van der Waals surface area contributed by atoms with Crippen LogP contribution in [0.15, 0.2) is 48.7 Å². The fraction of sp³-hybridized carbons (Fsp3) is 0.133. The molecule has 3 aromatic rings.